The van der Waals surface area contributed by atoms with Gasteiger partial charge in [-0.15, -0.1) is 0 Å². The third-order valence-corrected chi connectivity index (χ3v) is 4.51. The molecule has 1 N–H and O–H groups in total. The molecule has 0 aliphatic rings. The monoisotopic (exact) mass is 393 g/mol. The fourth-order valence-electron chi connectivity index (χ4n) is 1.74. The summed E-state index contributed by atoms with van der Waals surface area (Å²) < 4.78 is 0.982. The molecule has 0 saturated carbocycles. The number of benzene rings is 1. The van der Waals surface area contributed by atoms with Gasteiger partial charge in [-0.2, -0.15) is 0 Å². The van der Waals surface area contributed by atoms with Crippen molar-refractivity contribution in [1.29, 1.82) is 0 Å². The Labute approximate surface area is 147 Å². The molecule has 23 heavy (non-hydrogen) atoms. The number of anilines is 1. The summed E-state index contributed by atoms with van der Waals surface area (Å²) in [5.74, 6) is -0.406. The Kier molecular flexibility index (Phi) is 5.68. The van der Waals surface area contributed by atoms with Crippen molar-refractivity contribution in [3.05, 3.63) is 50.9 Å². The van der Waals surface area contributed by atoms with Crippen molar-refractivity contribution in [2.75, 3.05) is 19.4 Å². The minimum absolute atomic E-state index is 0.120. The Bertz CT molecular complexity index is 751. The van der Waals surface area contributed by atoms with E-state index >= 15 is 0 Å². The zero-order valence-electron chi connectivity index (χ0n) is 13.0. The van der Waals surface area contributed by atoms with Crippen molar-refractivity contribution >= 4 is 50.3 Å². The van der Waals surface area contributed by atoms with E-state index in [9.17, 15) is 9.59 Å². The first kappa shape index (κ1) is 17.4. The molecule has 120 valence electrons. The molecule has 7 heteroatoms. The van der Waals surface area contributed by atoms with E-state index in [2.05, 4.69) is 26.2 Å². The highest BCUT2D eigenvalue weighted by molar-refractivity contribution is 9.10. The quantitative estimate of drug-likeness (QED) is 0.807. The maximum Gasteiger partial charge on any atom is 0.265 e. The van der Waals surface area contributed by atoms with E-state index < -0.39 is 0 Å². The van der Waals surface area contributed by atoms with Gasteiger partial charge in [0.25, 0.3) is 5.91 Å². The summed E-state index contributed by atoms with van der Waals surface area (Å²) in [5.41, 5.74) is 1.53. The van der Waals surface area contributed by atoms with Gasteiger partial charge in [0.05, 0.1) is 5.69 Å². The Balaban J connectivity index is 2.04. The highest BCUT2D eigenvalue weighted by Crippen LogP contribution is 2.23. The van der Waals surface area contributed by atoms with Crippen LogP contribution < -0.4 is 5.32 Å². The van der Waals surface area contributed by atoms with E-state index in [1.165, 1.54) is 22.3 Å². The Morgan fingerprint density at radius 2 is 1.91 bits per heavy atom. The standard InChI is InChI=1S/C16H16BrN3O2S/c1-10-14(15(22)20(2)3)23-16(18-10)19-13(21)9-6-11-4-7-12(17)8-5-11/h4-9H,1-3H3,(H,18,19,21)/b9-6+. The molecular weight excluding hydrogens is 378 g/mol. The molecular formula is C16H16BrN3O2S. The van der Waals surface area contributed by atoms with Gasteiger partial charge in [0.15, 0.2) is 5.13 Å². The van der Waals surface area contributed by atoms with E-state index in [0.717, 1.165) is 10.0 Å². The average molecular weight is 394 g/mol. The Hall–Kier alpha value is -1.99. The van der Waals surface area contributed by atoms with Crippen LogP contribution in [0.1, 0.15) is 20.9 Å². The fourth-order valence-corrected chi connectivity index (χ4v) is 3.00. The number of nitrogens with zero attached hydrogens (tertiary/aromatic N) is 2. The predicted molar refractivity (Wildman–Crippen MR) is 96.7 cm³/mol. The minimum Gasteiger partial charge on any atom is -0.344 e. The van der Waals surface area contributed by atoms with Gasteiger partial charge in [0.2, 0.25) is 5.91 Å². The first-order valence-electron chi connectivity index (χ1n) is 6.80. The molecule has 0 aliphatic heterocycles. The largest absolute Gasteiger partial charge is 0.344 e. The second-order valence-electron chi connectivity index (χ2n) is 5.01. The zero-order chi connectivity index (χ0) is 17.0. The van der Waals surface area contributed by atoms with Gasteiger partial charge in [0.1, 0.15) is 4.88 Å². The first-order chi connectivity index (χ1) is 10.9. The highest BCUT2D eigenvalue weighted by atomic mass is 79.9. The van der Waals surface area contributed by atoms with E-state index in [-0.39, 0.29) is 11.8 Å². The number of halogens is 1. The number of carbonyl (C=O) groups excluding carboxylic acids is 2. The average Bonchev–Trinajstić information content (AvgIpc) is 2.86. The number of hydrogen-bond donors (Lipinski definition) is 1. The number of amides is 2. The summed E-state index contributed by atoms with van der Waals surface area (Å²) in [6, 6.07) is 7.60. The van der Waals surface area contributed by atoms with Gasteiger partial charge >= 0.3 is 0 Å². The maximum atomic E-state index is 12.0. The van der Waals surface area contributed by atoms with Crippen molar-refractivity contribution in [3.8, 4) is 0 Å². The van der Waals surface area contributed by atoms with Gasteiger partial charge < -0.3 is 4.90 Å². The molecule has 5 nitrogen and oxygen atoms in total. The predicted octanol–water partition coefficient (Wildman–Crippen LogP) is 3.57. The molecule has 0 spiro atoms. The lowest BCUT2D eigenvalue weighted by molar-refractivity contribution is -0.111. The van der Waals surface area contributed by atoms with Crippen LogP contribution in [-0.4, -0.2) is 35.8 Å². The molecule has 1 aromatic heterocycles. The Morgan fingerprint density at radius 1 is 1.26 bits per heavy atom. The van der Waals surface area contributed by atoms with Gasteiger partial charge in [-0.25, -0.2) is 4.98 Å². The Morgan fingerprint density at radius 3 is 2.52 bits per heavy atom. The summed E-state index contributed by atoms with van der Waals surface area (Å²) in [4.78, 5) is 30.1. The van der Waals surface area contributed by atoms with Gasteiger partial charge in [-0.05, 0) is 30.7 Å². The molecule has 2 amide bonds. The van der Waals surface area contributed by atoms with Crippen LogP contribution in [0.5, 0.6) is 0 Å². The highest BCUT2D eigenvalue weighted by Gasteiger charge is 2.17. The lowest BCUT2D eigenvalue weighted by Gasteiger charge is -2.07. The van der Waals surface area contributed by atoms with Crippen LogP contribution >= 0.6 is 27.3 Å². The van der Waals surface area contributed by atoms with E-state index in [0.29, 0.717) is 15.7 Å². The van der Waals surface area contributed by atoms with Gasteiger partial charge in [0, 0.05) is 24.6 Å². The topological polar surface area (TPSA) is 62.3 Å². The lowest BCUT2D eigenvalue weighted by atomic mass is 10.2. The molecule has 0 atom stereocenters. The van der Waals surface area contributed by atoms with Gasteiger partial charge in [-0.1, -0.05) is 39.4 Å². The first-order valence-corrected chi connectivity index (χ1v) is 8.41. The van der Waals surface area contributed by atoms with E-state index in [4.69, 9.17) is 0 Å². The maximum absolute atomic E-state index is 12.0. The van der Waals surface area contributed by atoms with Crippen molar-refractivity contribution in [2.24, 2.45) is 0 Å². The molecule has 1 heterocycles. The summed E-state index contributed by atoms with van der Waals surface area (Å²) in [5, 5.41) is 3.10. The smallest absolute Gasteiger partial charge is 0.265 e. The van der Waals surface area contributed by atoms with Crippen molar-refractivity contribution in [3.63, 3.8) is 0 Å². The van der Waals surface area contributed by atoms with Crippen LogP contribution in [0.2, 0.25) is 0 Å². The van der Waals surface area contributed by atoms with Crippen LogP contribution in [0.15, 0.2) is 34.8 Å². The van der Waals surface area contributed by atoms with Crippen molar-refractivity contribution in [1.82, 2.24) is 9.88 Å². The number of thiazole rings is 1. The molecule has 0 saturated heterocycles. The molecule has 2 aromatic rings. The van der Waals surface area contributed by atoms with Crippen LogP contribution in [0.3, 0.4) is 0 Å². The number of aromatic nitrogens is 1. The number of nitrogens with one attached hydrogen (secondary N) is 1. The summed E-state index contributed by atoms with van der Waals surface area (Å²) in [6.45, 7) is 1.75. The van der Waals surface area contributed by atoms with Crippen molar-refractivity contribution < 1.29 is 9.59 Å². The van der Waals surface area contributed by atoms with Crippen LogP contribution in [0.25, 0.3) is 6.08 Å². The molecule has 1 aromatic carbocycles. The number of rotatable bonds is 4. The number of aryl methyl sites for hydroxylation is 1. The van der Waals surface area contributed by atoms with Crippen LogP contribution in [0.4, 0.5) is 5.13 Å². The SMILES string of the molecule is Cc1nc(NC(=O)/C=C/c2ccc(Br)cc2)sc1C(=O)N(C)C. The van der Waals surface area contributed by atoms with Crippen LogP contribution in [-0.2, 0) is 4.79 Å². The second-order valence-corrected chi connectivity index (χ2v) is 6.92. The molecule has 0 aliphatic carbocycles. The summed E-state index contributed by atoms with van der Waals surface area (Å²) in [6.07, 6.45) is 3.15. The third-order valence-electron chi connectivity index (χ3n) is 2.92. The lowest BCUT2D eigenvalue weighted by Crippen LogP contribution is -2.21. The number of hydrogen-bond acceptors (Lipinski definition) is 4. The molecule has 0 fully saturated rings. The molecule has 0 radical (unpaired) electrons. The number of carbonyl (C=O) groups is 2. The normalized spacial score (nSPS) is 10.8. The third kappa shape index (κ3) is 4.74. The molecule has 0 unspecified atom stereocenters. The van der Waals surface area contributed by atoms with Crippen LogP contribution in [0, 0.1) is 6.92 Å². The summed E-state index contributed by atoms with van der Waals surface area (Å²) in [7, 11) is 3.36. The fraction of sp³-hybridized carbons (Fsp3) is 0.188. The van der Waals surface area contributed by atoms with E-state index in [1.54, 1.807) is 27.1 Å². The summed E-state index contributed by atoms with van der Waals surface area (Å²) >= 11 is 4.53. The van der Waals surface area contributed by atoms with Crippen molar-refractivity contribution in [2.45, 2.75) is 6.92 Å². The van der Waals surface area contributed by atoms with Gasteiger partial charge in [-0.3, -0.25) is 14.9 Å². The zero-order valence-corrected chi connectivity index (χ0v) is 15.4. The minimum atomic E-state index is -0.287. The molecule has 0 bridgehead atoms. The second kappa shape index (κ2) is 7.52. The van der Waals surface area contributed by atoms with E-state index in [1.807, 2.05) is 24.3 Å². The molecule has 2 rings (SSSR count).